The standard InChI is InChI=1S/C16H28N4O2/c1-11(10-20-13(3)8-12(2)19-20)9-17-16(22)18-14-4-6-15(21)7-5-14/h8,11,14-15,21H,4-7,9-10H2,1-3H3,(H2,17,18,22). The molecular weight excluding hydrogens is 280 g/mol. The summed E-state index contributed by atoms with van der Waals surface area (Å²) in [5, 5.41) is 19.8. The van der Waals surface area contributed by atoms with Gasteiger partial charge in [0.05, 0.1) is 11.8 Å². The third-order valence-electron chi connectivity index (χ3n) is 4.23. The smallest absolute Gasteiger partial charge is 0.315 e. The Bertz CT molecular complexity index is 492. The van der Waals surface area contributed by atoms with Gasteiger partial charge >= 0.3 is 6.03 Å². The lowest BCUT2D eigenvalue weighted by atomic mass is 9.93. The zero-order valence-electron chi connectivity index (χ0n) is 13.8. The van der Waals surface area contributed by atoms with Crippen molar-refractivity contribution in [1.29, 1.82) is 0 Å². The molecule has 0 spiro atoms. The van der Waals surface area contributed by atoms with Crippen LogP contribution in [0.15, 0.2) is 6.07 Å². The first-order valence-electron chi connectivity index (χ1n) is 8.17. The fourth-order valence-electron chi connectivity index (χ4n) is 2.94. The maximum absolute atomic E-state index is 11.9. The van der Waals surface area contributed by atoms with Crippen molar-refractivity contribution in [2.75, 3.05) is 6.54 Å². The topological polar surface area (TPSA) is 79.2 Å². The van der Waals surface area contributed by atoms with E-state index >= 15 is 0 Å². The van der Waals surface area contributed by atoms with Crippen LogP contribution in [-0.2, 0) is 6.54 Å². The minimum atomic E-state index is -0.193. The quantitative estimate of drug-likeness (QED) is 0.775. The third kappa shape index (κ3) is 5.02. The second-order valence-corrected chi connectivity index (χ2v) is 6.57. The fraction of sp³-hybridized carbons (Fsp3) is 0.750. The molecule has 6 nitrogen and oxygen atoms in total. The first kappa shape index (κ1) is 16.8. The number of aromatic nitrogens is 2. The molecule has 1 aliphatic carbocycles. The summed E-state index contributed by atoms with van der Waals surface area (Å²) in [6.07, 6.45) is 3.08. The number of hydrogen-bond acceptors (Lipinski definition) is 3. The highest BCUT2D eigenvalue weighted by atomic mass is 16.3. The van der Waals surface area contributed by atoms with Gasteiger partial charge in [0.15, 0.2) is 0 Å². The Morgan fingerprint density at radius 3 is 2.68 bits per heavy atom. The first-order valence-corrected chi connectivity index (χ1v) is 8.17. The summed E-state index contributed by atoms with van der Waals surface area (Å²) in [6.45, 7) is 7.56. The summed E-state index contributed by atoms with van der Waals surface area (Å²) in [5.74, 6) is 0.317. The van der Waals surface area contributed by atoms with E-state index in [4.69, 9.17) is 0 Å². The highest BCUT2D eigenvalue weighted by molar-refractivity contribution is 5.74. The number of nitrogens with one attached hydrogen (secondary N) is 2. The molecule has 2 rings (SSSR count). The highest BCUT2D eigenvalue weighted by Crippen LogP contribution is 2.18. The maximum atomic E-state index is 11.9. The molecule has 0 saturated heterocycles. The molecule has 3 N–H and O–H groups in total. The zero-order valence-corrected chi connectivity index (χ0v) is 13.8. The van der Waals surface area contributed by atoms with E-state index in [1.54, 1.807) is 0 Å². The molecule has 6 heteroatoms. The Morgan fingerprint density at radius 1 is 1.41 bits per heavy atom. The van der Waals surface area contributed by atoms with E-state index < -0.39 is 0 Å². The number of carbonyl (C=O) groups is 1. The number of aliphatic hydroxyl groups excluding tert-OH is 1. The molecule has 1 fully saturated rings. The van der Waals surface area contributed by atoms with Crippen LogP contribution in [0.1, 0.15) is 44.0 Å². The fourth-order valence-corrected chi connectivity index (χ4v) is 2.94. The predicted octanol–water partition coefficient (Wildman–Crippen LogP) is 1.74. The van der Waals surface area contributed by atoms with Crippen LogP contribution >= 0.6 is 0 Å². The first-order chi connectivity index (χ1) is 10.4. The van der Waals surface area contributed by atoms with Gasteiger partial charge in [-0.05, 0) is 51.5 Å². The van der Waals surface area contributed by atoms with Crippen LogP contribution in [0, 0.1) is 19.8 Å². The molecule has 0 radical (unpaired) electrons. The lowest BCUT2D eigenvalue weighted by molar-refractivity contribution is 0.117. The molecule has 22 heavy (non-hydrogen) atoms. The molecule has 0 bridgehead atoms. The summed E-state index contributed by atoms with van der Waals surface area (Å²) in [5.41, 5.74) is 2.17. The molecule has 1 heterocycles. The Balaban J connectivity index is 1.68. The monoisotopic (exact) mass is 308 g/mol. The zero-order chi connectivity index (χ0) is 16.1. The molecule has 2 amide bonds. The van der Waals surface area contributed by atoms with Crippen LogP contribution in [-0.4, -0.2) is 39.6 Å². The maximum Gasteiger partial charge on any atom is 0.315 e. The molecule has 1 aliphatic rings. The van der Waals surface area contributed by atoms with Crippen molar-refractivity contribution < 1.29 is 9.90 Å². The number of aliphatic hydroxyl groups is 1. The Kier molecular flexibility index (Phi) is 5.83. The van der Waals surface area contributed by atoms with Gasteiger partial charge < -0.3 is 15.7 Å². The SMILES string of the molecule is Cc1cc(C)n(CC(C)CNC(=O)NC2CCC(O)CC2)n1. The lowest BCUT2D eigenvalue weighted by Gasteiger charge is -2.26. The number of carbonyl (C=O) groups excluding carboxylic acids is 1. The van der Waals surface area contributed by atoms with E-state index in [1.165, 1.54) is 0 Å². The molecule has 0 aromatic carbocycles. The Labute approximate surface area is 132 Å². The third-order valence-corrected chi connectivity index (χ3v) is 4.23. The van der Waals surface area contributed by atoms with Crippen LogP contribution < -0.4 is 10.6 Å². The minimum absolute atomic E-state index is 0.110. The van der Waals surface area contributed by atoms with Gasteiger partial charge in [-0.1, -0.05) is 6.92 Å². The normalized spacial score (nSPS) is 23.1. The molecule has 0 aliphatic heterocycles. The predicted molar refractivity (Wildman–Crippen MR) is 85.7 cm³/mol. The second kappa shape index (κ2) is 7.63. The van der Waals surface area contributed by atoms with Crippen molar-refractivity contribution >= 4 is 6.03 Å². The largest absolute Gasteiger partial charge is 0.393 e. The number of urea groups is 1. The van der Waals surface area contributed by atoms with Gasteiger partial charge in [0.2, 0.25) is 0 Å². The average molecular weight is 308 g/mol. The number of amides is 2. The van der Waals surface area contributed by atoms with Crippen molar-refractivity contribution in [3.8, 4) is 0 Å². The number of rotatable bonds is 5. The molecule has 1 aromatic heterocycles. The molecule has 124 valence electrons. The molecular formula is C16H28N4O2. The highest BCUT2D eigenvalue weighted by Gasteiger charge is 2.20. The van der Waals surface area contributed by atoms with Gasteiger partial charge in [0.1, 0.15) is 0 Å². The number of hydrogen-bond donors (Lipinski definition) is 3. The van der Waals surface area contributed by atoms with Gasteiger partial charge in [-0.3, -0.25) is 4.68 Å². The summed E-state index contributed by atoms with van der Waals surface area (Å²) in [7, 11) is 0. The van der Waals surface area contributed by atoms with Crippen molar-refractivity contribution in [2.45, 2.75) is 65.1 Å². The minimum Gasteiger partial charge on any atom is -0.393 e. The summed E-state index contributed by atoms with van der Waals surface area (Å²) in [6, 6.07) is 2.14. The van der Waals surface area contributed by atoms with Crippen molar-refractivity contribution in [2.24, 2.45) is 5.92 Å². The number of aryl methyl sites for hydroxylation is 2. The van der Waals surface area contributed by atoms with Gasteiger partial charge in [0, 0.05) is 24.8 Å². The van der Waals surface area contributed by atoms with Gasteiger partial charge in [0.25, 0.3) is 0 Å². The van der Waals surface area contributed by atoms with E-state index in [0.29, 0.717) is 12.5 Å². The van der Waals surface area contributed by atoms with E-state index in [0.717, 1.165) is 43.6 Å². The number of nitrogens with zero attached hydrogens (tertiary/aromatic N) is 2. The Morgan fingerprint density at radius 2 is 2.09 bits per heavy atom. The van der Waals surface area contributed by atoms with Gasteiger partial charge in [-0.2, -0.15) is 5.10 Å². The van der Waals surface area contributed by atoms with Crippen molar-refractivity contribution in [3.63, 3.8) is 0 Å². The van der Waals surface area contributed by atoms with E-state index in [2.05, 4.69) is 28.7 Å². The van der Waals surface area contributed by atoms with Crippen LogP contribution in [0.25, 0.3) is 0 Å². The Hall–Kier alpha value is -1.56. The van der Waals surface area contributed by atoms with E-state index in [1.807, 2.05) is 18.5 Å². The van der Waals surface area contributed by atoms with E-state index in [-0.39, 0.29) is 18.2 Å². The molecule has 1 saturated carbocycles. The lowest BCUT2D eigenvalue weighted by Crippen LogP contribution is -2.45. The van der Waals surface area contributed by atoms with Crippen molar-refractivity contribution in [1.82, 2.24) is 20.4 Å². The van der Waals surface area contributed by atoms with Crippen LogP contribution in [0.4, 0.5) is 4.79 Å². The second-order valence-electron chi connectivity index (χ2n) is 6.57. The summed E-state index contributed by atoms with van der Waals surface area (Å²) >= 11 is 0. The average Bonchev–Trinajstić information content (AvgIpc) is 2.77. The van der Waals surface area contributed by atoms with Crippen molar-refractivity contribution in [3.05, 3.63) is 17.5 Å². The van der Waals surface area contributed by atoms with Gasteiger partial charge in [-0.25, -0.2) is 4.79 Å². The van der Waals surface area contributed by atoms with Crippen LogP contribution in [0.5, 0.6) is 0 Å². The molecule has 1 aromatic rings. The van der Waals surface area contributed by atoms with E-state index in [9.17, 15) is 9.90 Å². The van der Waals surface area contributed by atoms with Crippen LogP contribution in [0.3, 0.4) is 0 Å². The molecule has 1 atom stereocenters. The summed E-state index contributed by atoms with van der Waals surface area (Å²) in [4.78, 5) is 11.9. The molecule has 1 unspecified atom stereocenters. The van der Waals surface area contributed by atoms with Gasteiger partial charge in [-0.15, -0.1) is 0 Å². The van der Waals surface area contributed by atoms with Crippen LogP contribution in [0.2, 0.25) is 0 Å². The summed E-state index contributed by atoms with van der Waals surface area (Å²) < 4.78 is 1.99.